The lowest BCUT2D eigenvalue weighted by Crippen LogP contribution is -2.70. The Hall–Kier alpha value is -2.98. The Balaban J connectivity index is 0.00000141. The van der Waals surface area contributed by atoms with Crippen molar-refractivity contribution < 1.29 is 23.9 Å². The van der Waals surface area contributed by atoms with E-state index in [2.05, 4.69) is 30.5 Å². The molecular formula is C19H34N6O5. The van der Waals surface area contributed by atoms with Crippen molar-refractivity contribution in [1.29, 1.82) is 0 Å². The van der Waals surface area contributed by atoms with E-state index in [1.54, 1.807) is 0 Å². The molecule has 2 atom stereocenters. The fourth-order valence-electron chi connectivity index (χ4n) is 3.30. The number of hydrogen-bond acceptors (Lipinski definition) is 7. The van der Waals surface area contributed by atoms with Gasteiger partial charge in [-0.1, -0.05) is 26.8 Å². The predicted molar refractivity (Wildman–Crippen MR) is 111 cm³/mol. The van der Waals surface area contributed by atoms with Gasteiger partial charge in [0.05, 0.1) is 18.8 Å². The largest absolute Gasteiger partial charge is 0.453 e. The Morgan fingerprint density at radius 1 is 1.13 bits per heavy atom. The normalized spacial score (nSPS) is 20.5. The minimum atomic E-state index is -0.954. The minimum absolute atomic E-state index is 0.246. The molecule has 0 spiro atoms. The third-order valence-electron chi connectivity index (χ3n) is 4.74. The van der Waals surface area contributed by atoms with E-state index in [-0.39, 0.29) is 13.1 Å². The molecule has 2 aliphatic rings. The van der Waals surface area contributed by atoms with Gasteiger partial charge in [0.2, 0.25) is 11.8 Å². The van der Waals surface area contributed by atoms with Crippen molar-refractivity contribution in [3.8, 4) is 0 Å². The van der Waals surface area contributed by atoms with Crippen LogP contribution < -0.4 is 16.8 Å². The number of methoxy groups -OCH3 is 1. The molecule has 2 heterocycles. The van der Waals surface area contributed by atoms with Gasteiger partial charge in [-0.2, -0.15) is 0 Å². The maximum absolute atomic E-state index is 12.7. The summed E-state index contributed by atoms with van der Waals surface area (Å²) < 4.78 is 4.65. The van der Waals surface area contributed by atoms with Crippen LogP contribution in [0.25, 0.3) is 0 Å². The van der Waals surface area contributed by atoms with Gasteiger partial charge >= 0.3 is 12.1 Å². The first-order valence-electron chi connectivity index (χ1n) is 10.1. The van der Waals surface area contributed by atoms with Crippen LogP contribution in [0.15, 0.2) is 12.4 Å². The molecule has 1 unspecified atom stereocenters. The number of hydrogen-bond donors (Lipinski definition) is 3. The number of carbonyl (C=O) groups is 4. The quantitative estimate of drug-likeness (QED) is 0.400. The van der Waals surface area contributed by atoms with Crippen LogP contribution in [-0.4, -0.2) is 84.5 Å². The molecule has 11 nitrogen and oxygen atoms in total. The average Bonchev–Trinajstić information content (AvgIpc) is 2.70. The summed E-state index contributed by atoms with van der Waals surface area (Å²) in [5.41, 5.74) is 10.8. The van der Waals surface area contributed by atoms with Gasteiger partial charge in [-0.15, -0.1) is 0 Å². The Bertz CT molecular complexity index is 647. The van der Waals surface area contributed by atoms with Gasteiger partial charge in [-0.25, -0.2) is 9.59 Å². The zero-order valence-corrected chi connectivity index (χ0v) is 18.1. The zero-order chi connectivity index (χ0) is 22.8. The van der Waals surface area contributed by atoms with Crippen LogP contribution in [-0.2, 0) is 14.3 Å². The lowest BCUT2D eigenvalue weighted by molar-refractivity contribution is -0.157. The first kappa shape index (κ1) is 25.1. The van der Waals surface area contributed by atoms with Gasteiger partial charge in [0.15, 0.2) is 0 Å². The monoisotopic (exact) mass is 426 g/mol. The third-order valence-corrected chi connectivity index (χ3v) is 4.74. The molecule has 2 fully saturated rings. The molecule has 30 heavy (non-hydrogen) atoms. The van der Waals surface area contributed by atoms with E-state index in [1.165, 1.54) is 23.3 Å². The second kappa shape index (κ2) is 11.9. The van der Waals surface area contributed by atoms with Crippen molar-refractivity contribution in [2.45, 2.75) is 39.2 Å². The maximum Gasteiger partial charge on any atom is 0.409 e. The number of urea groups is 1. The van der Waals surface area contributed by atoms with Crippen molar-refractivity contribution >= 4 is 23.9 Å². The average molecular weight is 427 g/mol. The number of primary amides is 1. The summed E-state index contributed by atoms with van der Waals surface area (Å²) >= 11 is 0. The van der Waals surface area contributed by atoms with Crippen LogP contribution in [0.5, 0.6) is 0 Å². The van der Waals surface area contributed by atoms with E-state index in [1.807, 2.05) is 0 Å². The molecule has 2 saturated heterocycles. The molecule has 11 heteroatoms. The molecule has 2 rings (SSSR count). The second-order valence-corrected chi connectivity index (χ2v) is 7.19. The number of rotatable bonds is 6. The first-order chi connectivity index (χ1) is 14.2. The molecule has 0 aliphatic carbocycles. The Kier molecular flexibility index (Phi) is 9.93. The Labute approximate surface area is 177 Å². The van der Waals surface area contributed by atoms with Crippen LogP contribution in [0.4, 0.5) is 9.59 Å². The standard InChI is InChI=1S/C16H26N6O5.C3H8/c1-10(17)19-5-3-4-11-12(13(18)23)22(14(11)24)15(25)20-6-8-21(9-7-20)16(26)27-2;1-3-2/h11-12,19H,1,3-9,17H2,2H3,(H2,18,23);3H2,1-2H3/t11-,12?;/m1./s1. The molecule has 170 valence electrons. The van der Waals surface area contributed by atoms with Crippen molar-refractivity contribution in [1.82, 2.24) is 20.0 Å². The molecule has 0 radical (unpaired) electrons. The Morgan fingerprint density at radius 2 is 1.67 bits per heavy atom. The highest BCUT2D eigenvalue weighted by molar-refractivity contribution is 6.08. The number of carbonyl (C=O) groups excluding carboxylic acids is 4. The Morgan fingerprint density at radius 3 is 2.13 bits per heavy atom. The van der Waals surface area contributed by atoms with Gasteiger partial charge in [0, 0.05) is 32.7 Å². The molecule has 5 N–H and O–H groups in total. The van der Waals surface area contributed by atoms with Crippen LogP contribution in [0.2, 0.25) is 0 Å². The maximum atomic E-state index is 12.7. The summed E-state index contributed by atoms with van der Waals surface area (Å²) in [6.07, 6.45) is 1.77. The van der Waals surface area contributed by atoms with Crippen molar-refractivity contribution in [2.75, 3.05) is 39.8 Å². The molecular weight excluding hydrogens is 392 g/mol. The number of likely N-dealkylation sites (tertiary alicyclic amines) is 1. The summed E-state index contributed by atoms with van der Waals surface area (Å²) in [7, 11) is 1.29. The van der Waals surface area contributed by atoms with E-state index < -0.39 is 35.9 Å². The van der Waals surface area contributed by atoms with Crippen LogP contribution in [0.1, 0.15) is 33.1 Å². The summed E-state index contributed by atoms with van der Waals surface area (Å²) in [4.78, 5) is 52.2. The minimum Gasteiger partial charge on any atom is -0.453 e. The lowest BCUT2D eigenvalue weighted by Gasteiger charge is -2.46. The highest BCUT2D eigenvalue weighted by Crippen LogP contribution is 2.31. The van der Waals surface area contributed by atoms with Gasteiger partial charge in [0.25, 0.3) is 0 Å². The highest BCUT2D eigenvalue weighted by atomic mass is 16.5. The fourth-order valence-corrected chi connectivity index (χ4v) is 3.30. The van der Waals surface area contributed by atoms with Crippen LogP contribution in [0.3, 0.4) is 0 Å². The smallest absolute Gasteiger partial charge is 0.409 e. The van der Waals surface area contributed by atoms with Crippen LogP contribution in [0, 0.1) is 5.92 Å². The number of imide groups is 1. The second-order valence-electron chi connectivity index (χ2n) is 7.19. The molecule has 0 aromatic carbocycles. The number of amides is 5. The molecule has 0 saturated carbocycles. The number of ether oxygens (including phenoxy) is 1. The summed E-state index contributed by atoms with van der Waals surface area (Å²) in [5, 5.41) is 2.84. The first-order valence-corrected chi connectivity index (χ1v) is 10.1. The predicted octanol–water partition coefficient (Wildman–Crippen LogP) is 0.0187. The highest BCUT2D eigenvalue weighted by Gasteiger charge is 2.54. The third kappa shape index (κ3) is 6.26. The molecule has 0 bridgehead atoms. The van der Waals surface area contributed by atoms with E-state index in [0.717, 1.165) is 4.90 Å². The van der Waals surface area contributed by atoms with Gasteiger partial charge in [-0.05, 0) is 12.8 Å². The van der Waals surface area contributed by atoms with E-state index in [4.69, 9.17) is 11.5 Å². The van der Waals surface area contributed by atoms with Crippen molar-refractivity contribution in [3.63, 3.8) is 0 Å². The van der Waals surface area contributed by atoms with E-state index in [0.29, 0.717) is 38.3 Å². The number of nitrogens with two attached hydrogens (primary N) is 2. The van der Waals surface area contributed by atoms with E-state index >= 15 is 0 Å². The lowest BCUT2D eigenvalue weighted by atomic mass is 9.83. The van der Waals surface area contributed by atoms with Gasteiger partial charge < -0.3 is 31.3 Å². The van der Waals surface area contributed by atoms with Crippen molar-refractivity contribution in [2.24, 2.45) is 17.4 Å². The van der Waals surface area contributed by atoms with Crippen LogP contribution >= 0.6 is 0 Å². The zero-order valence-electron chi connectivity index (χ0n) is 18.1. The number of nitrogens with zero attached hydrogens (tertiary/aromatic N) is 3. The molecule has 2 aliphatic heterocycles. The van der Waals surface area contributed by atoms with Crippen molar-refractivity contribution in [3.05, 3.63) is 12.4 Å². The summed E-state index contributed by atoms with van der Waals surface area (Å²) in [6, 6.07) is -1.51. The van der Waals surface area contributed by atoms with Gasteiger partial charge in [-0.3, -0.25) is 14.5 Å². The number of β-lactam (4-membered cyclic amide) rings is 1. The molecule has 5 amide bonds. The number of piperazine rings is 1. The topological polar surface area (TPSA) is 151 Å². The van der Waals surface area contributed by atoms with Gasteiger partial charge in [0.1, 0.15) is 6.04 Å². The summed E-state index contributed by atoms with van der Waals surface area (Å²) in [6.45, 7) is 9.34. The fraction of sp³-hybridized carbons (Fsp3) is 0.684. The van der Waals surface area contributed by atoms with E-state index in [9.17, 15) is 19.2 Å². The number of nitrogens with one attached hydrogen (secondary N) is 1. The molecule has 0 aromatic rings. The molecule has 0 aromatic heterocycles. The SMILES string of the molecule is C=C(N)NCCC[C@H]1C(=O)N(C(=O)N2CCN(C(=O)OC)CC2)C1C(N)=O.CCC. The summed E-state index contributed by atoms with van der Waals surface area (Å²) in [5.74, 6) is -1.41.